The van der Waals surface area contributed by atoms with E-state index in [-0.39, 0.29) is 11.7 Å². The van der Waals surface area contributed by atoms with E-state index in [1.807, 2.05) is 13.8 Å². The quantitative estimate of drug-likeness (QED) is 0.829. The molecule has 0 amide bonds. The van der Waals surface area contributed by atoms with E-state index in [0.29, 0.717) is 5.56 Å². The molecule has 2 aromatic rings. The van der Waals surface area contributed by atoms with Gasteiger partial charge in [-0.05, 0) is 17.5 Å². The van der Waals surface area contributed by atoms with Gasteiger partial charge in [0.05, 0.1) is 0 Å². The summed E-state index contributed by atoms with van der Waals surface area (Å²) in [7, 11) is 0. The Hall–Kier alpha value is -1.92. The third kappa shape index (κ3) is 2.34. The molecular formula is C11H11F3N4. The highest BCUT2D eigenvalue weighted by atomic mass is 19.4. The van der Waals surface area contributed by atoms with Gasteiger partial charge in [0.2, 0.25) is 0 Å². The monoisotopic (exact) mass is 256 g/mol. The predicted octanol–water partition coefficient (Wildman–Crippen LogP) is 2.80. The first-order valence-electron chi connectivity index (χ1n) is 5.31. The highest BCUT2D eigenvalue weighted by Crippen LogP contribution is 2.34. The smallest absolute Gasteiger partial charge is 0.236 e. The molecule has 0 aromatic carbocycles. The Morgan fingerprint density at radius 2 is 2.00 bits per heavy atom. The molecule has 0 bridgehead atoms. The molecule has 7 heteroatoms. The Kier molecular flexibility index (Phi) is 3.06. The normalized spacial score (nSPS) is 12.1. The second kappa shape index (κ2) is 4.40. The van der Waals surface area contributed by atoms with Crippen molar-refractivity contribution in [2.45, 2.75) is 25.9 Å². The van der Waals surface area contributed by atoms with Crippen molar-refractivity contribution < 1.29 is 13.2 Å². The Balaban J connectivity index is 2.60. The number of halogens is 3. The van der Waals surface area contributed by atoms with Crippen molar-refractivity contribution >= 4 is 0 Å². The fourth-order valence-electron chi connectivity index (χ4n) is 1.50. The second-order valence-corrected chi connectivity index (χ2v) is 4.13. The molecule has 0 N–H and O–H groups in total. The second-order valence-electron chi connectivity index (χ2n) is 4.13. The van der Waals surface area contributed by atoms with Gasteiger partial charge in [-0.2, -0.15) is 18.3 Å². The molecule has 0 radical (unpaired) electrons. The van der Waals surface area contributed by atoms with Gasteiger partial charge in [0.25, 0.3) is 0 Å². The molecule has 0 aliphatic carbocycles. The van der Waals surface area contributed by atoms with E-state index < -0.39 is 11.7 Å². The van der Waals surface area contributed by atoms with Crippen LogP contribution in [0.1, 0.15) is 30.9 Å². The number of hydrogen-bond donors (Lipinski definition) is 0. The van der Waals surface area contributed by atoms with Gasteiger partial charge in [0.15, 0.2) is 5.82 Å². The fourth-order valence-corrected chi connectivity index (χ4v) is 1.50. The molecular weight excluding hydrogens is 245 g/mol. The highest BCUT2D eigenvalue weighted by Gasteiger charge is 2.35. The van der Waals surface area contributed by atoms with Crippen molar-refractivity contribution in [2.75, 3.05) is 0 Å². The molecule has 0 fully saturated rings. The van der Waals surface area contributed by atoms with Crippen LogP contribution in [-0.2, 0) is 6.18 Å². The van der Waals surface area contributed by atoms with Crippen molar-refractivity contribution in [2.24, 2.45) is 0 Å². The average molecular weight is 256 g/mol. The molecule has 0 saturated heterocycles. The molecule has 2 aromatic heterocycles. The first-order chi connectivity index (χ1) is 8.39. The zero-order valence-electron chi connectivity index (χ0n) is 9.81. The summed E-state index contributed by atoms with van der Waals surface area (Å²) in [4.78, 5) is 7.47. The first kappa shape index (κ1) is 12.5. The minimum Gasteiger partial charge on any atom is -0.236 e. The van der Waals surface area contributed by atoms with Crippen LogP contribution in [0.5, 0.6) is 0 Å². The minimum atomic E-state index is -4.47. The van der Waals surface area contributed by atoms with Crippen molar-refractivity contribution in [1.29, 1.82) is 0 Å². The fraction of sp³-hybridized carbons (Fsp3) is 0.364. The van der Waals surface area contributed by atoms with Crippen LogP contribution in [0.15, 0.2) is 24.9 Å². The van der Waals surface area contributed by atoms with E-state index in [4.69, 9.17) is 0 Å². The van der Waals surface area contributed by atoms with Crippen LogP contribution in [0.2, 0.25) is 0 Å². The lowest BCUT2D eigenvalue weighted by molar-refractivity contribution is -0.137. The topological polar surface area (TPSA) is 43.6 Å². The number of nitrogens with zero attached hydrogens (tertiary/aromatic N) is 4. The summed E-state index contributed by atoms with van der Waals surface area (Å²) in [5.74, 6) is -0.284. The van der Waals surface area contributed by atoms with Gasteiger partial charge in [-0.1, -0.05) is 13.8 Å². The third-order valence-electron chi connectivity index (χ3n) is 2.50. The Morgan fingerprint density at radius 1 is 1.28 bits per heavy atom. The molecule has 2 rings (SSSR count). The van der Waals surface area contributed by atoms with E-state index in [1.54, 1.807) is 0 Å². The maximum atomic E-state index is 13.0. The summed E-state index contributed by atoms with van der Waals surface area (Å²) < 4.78 is 40.0. The number of rotatable bonds is 2. The van der Waals surface area contributed by atoms with E-state index in [0.717, 1.165) is 17.1 Å². The van der Waals surface area contributed by atoms with Gasteiger partial charge >= 0.3 is 6.18 Å². The van der Waals surface area contributed by atoms with Crippen LogP contribution in [0.25, 0.3) is 5.82 Å². The lowest BCUT2D eigenvalue weighted by Gasteiger charge is -2.14. The van der Waals surface area contributed by atoms with E-state index in [2.05, 4.69) is 15.1 Å². The van der Waals surface area contributed by atoms with Crippen molar-refractivity contribution in [3.05, 3.63) is 36.0 Å². The first-order valence-corrected chi connectivity index (χ1v) is 5.31. The zero-order valence-corrected chi connectivity index (χ0v) is 9.81. The Bertz CT molecular complexity index is 532. The van der Waals surface area contributed by atoms with Crippen molar-refractivity contribution in [1.82, 2.24) is 19.7 Å². The van der Waals surface area contributed by atoms with Gasteiger partial charge < -0.3 is 0 Å². The minimum absolute atomic E-state index is 0.0246. The summed E-state index contributed by atoms with van der Waals surface area (Å²) in [5.41, 5.74) is -0.273. The van der Waals surface area contributed by atoms with Gasteiger partial charge in [-0.15, -0.1) is 0 Å². The van der Waals surface area contributed by atoms with Crippen LogP contribution >= 0.6 is 0 Å². The molecule has 0 unspecified atom stereocenters. The van der Waals surface area contributed by atoms with Crippen LogP contribution in [0.3, 0.4) is 0 Å². The van der Waals surface area contributed by atoms with Gasteiger partial charge in [0.1, 0.15) is 18.2 Å². The van der Waals surface area contributed by atoms with Crippen LogP contribution in [-0.4, -0.2) is 19.7 Å². The van der Waals surface area contributed by atoms with Gasteiger partial charge in [0, 0.05) is 6.20 Å². The molecule has 2 heterocycles. The number of hydrogen-bond acceptors (Lipinski definition) is 3. The third-order valence-corrected chi connectivity index (χ3v) is 2.50. The maximum Gasteiger partial charge on any atom is 0.420 e. The molecule has 96 valence electrons. The number of aromatic nitrogens is 4. The largest absolute Gasteiger partial charge is 0.420 e. The summed E-state index contributed by atoms with van der Waals surface area (Å²) >= 11 is 0. The highest BCUT2D eigenvalue weighted by molar-refractivity contribution is 5.38. The summed E-state index contributed by atoms with van der Waals surface area (Å²) in [6.07, 6.45) is -0.694. The van der Waals surface area contributed by atoms with Gasteiger partial charge in [-0.3, -0.25) is 0 Å². The number of alkyl halides is 3. The van der Waals surface area contributed by atoms with Crippen LogP contribution in [0.4, 0.5) is 13.2 Å². The lowest BCUT2D eigenvalue weighted by atomic mass is 10.0. The average Bonchev–Trinajstić information content (AvgIpc) is 2.80. The summed E-state index contributed by atoms with van der Waals surface area (Å²) in [5, 5.41) is 3.68. The molecule has 0 spiro atoms. The van der Waals surface area contributed by atoms with E-state index >= 15 is 0 Å². The number of pyridine rings is 1. The summed E-state index contributed by atoms with van der Waals surface area (Å²) in [6, 6.07) is 1.11. The SMILES string of the molecule is CC(C)c1cnc(-n2cncn2)c(C(F)(F)F)c1. The molecule has 0 atom stereocenters. The summed E-state index contributed by atoms with van der Waals surface area (Å²) in [6.45, 7) is 3.62. The van der Waals surface area contributed by atoms with E-state index in [1.165, 1.54) is 12.5 Å². The molecule has 0 saturated carbocycles. The predicted molar refractivity (Wildman–Crippen MR) is 58.2 cm³/mol. The molecule has 0 aliphatic heterocycles. The molecule has 4 nitrogen and oxygen atoms in total. The van der Waals surface area contributed by atoms with Crippen LogP contribution in [0, 0.1) is 0 Å². The van der Waals surface area contributed by atoms with E-state index in [9.17, 15) is 13.2 Å². The van der Waals surface area contributed by atoms with Crippen molar-refractivity contribution in [3.63, 3.8) is 0 Å². The zero-order chi connectivity index (χ0) is 13.3. The Morgan fingerprint density at radius 3 is 2.50 bits per heavy atom. The lowest BCUT2D eigenvalue weighted by Crippen LogP contribution is -2.14. The Labute approximate surface area is 101 Å². The molecule has 0 aliphatic rings. The maximum absolute atomic E-state index is 13.0. The molecule has 18 heavy (non-hydrogen) atoms. The van der Waals surface area contributed by atoms with Crippen molar-refractivity contribution in [3.8, 4) is 5.82 Å². The van der Waals surface area contributed by atoms with Gasteiger partial charge in [-0.25, -0.2) is 14.6 Å². The standard InChI is InChI=1S/C11H11F3N4/c1-7(2)8-3-9(11(12,13)14)10(16-4-8)18-6-15-5-17-18/h3-7H,1-2H3. The van der Waals surface area contributed by atoms with Crippen LogP contribution < -0.4 is 0 Å².